The van der Waals surface area contributed by atoms with Crippen LogP contribution in [0.5, 0.6) is 0 Å². The molecule has 0 aromatic carbocycles. The largest absolute Gasteiger partial charge is 0.311 e. The summed E-state index contributed by atoms with van der Waals surface area (Å²) in [6, 6.07) is 1.56. The average Bonchev–Trinajstić information content (AvgIpc) is 2.77. The molecule has 2 N–H and O–H groups in total. The third kappa shape index (κ3) is 1.54. The number of rotatable bonds is 2. The third-order valence-corrected chi connectivity index (χ3v) is 3.52. The molecule has 76 valence electrons. The van der Waals surface area contributed by atoms with Crippen molar-refractivity contribution in [3.63, 3.8) is 0 Å². The van der Waals surface area contributed by atoms with Crippen molar-refractivity contribution in [1.82, 2.24) is 20.5 Å². The molecule has 2 unspecified atom stereocenters. The van der Waals surface area contributed by atoms with Crippen LogP contribution in [0, 0.1) is 5.92 Å². The molecule has 1 aromatic rings. The molecule has 0 radical (unpaired) electrons. The van der Waals surface area contributed by atoms with E-state index in [1.807, 2.05) is 0 Å². The van der Waals surface area contributed by atoms with Gasteiger partial charge in [-0.2, -0.15) is 5.10 Å². The van der Waals surface area contributed by atoms with E-state index in [0.717, 1.165) is 30.2 Å². The van der Waals surface area contributed by atoms with Crippen LogP contribution < -0.4 is 5.32 Å². The van der Waals surface area contributed by atoms with E-state index in [1.165, 1.54) is 25.7 Å². The van der Waals surface area contributed by atoms with E-state index in [-0.39, 0.29) is 0 Å². The molecule has 2 atom stereocenters. The Hall–Kier alpha value is -0.900. The first kappa shape index (κ1) is 8.41. The maximum atomic E-state index is 4.19. The second-order valence-corrected chi connectivity index (χ2v) is 4.61. The second kappa shape index (κ2) is 3.35. The lowest BCUT2D eigenvalue weighted by molar-refractivity contribution is 0.295. The number of piperidine rings is 1. The topological polar surface area (TPSA) is 53.6 Å². The fraction of sp³-hybridized carbons (Fsp3) is 0.800. The van der Waals surface area contributed by atoms with Crippen LogP contribution in [0.4, 0.5) is 0 Å². The quantitative estimate of drug-likeness (QED) is 0.731. The van der Waals surface area contributed by atoms with E-state index in [2.05, 4.69) is 20.5 Å². The van der Waals surface area contributed by atoms with Crippen LogP contribution in [0.3, 0.4) is 0 Å². The molecule has 3 rings (SSSR count). The van der Waals surface area contributed by atoms with Gasteiger partial charge in [0.15, 0.2) is 0 Å². The fourth-order valence-corrected chi connectivity index (χ4v) is 2.94. The lowest BCUT2D eigenvalue weighted by atomic mass is 9.89. The van der Waals surface area contributed by atoms with Crippen LogP contribution in [0.1, 0.15) is 31.5 Å². The third-order valence-electron chi connectivity index (χ3n) is 3.52. The number of hydrogen-bond acceptors (Lipinski definition) is 3. The summed E-state index contributed by atoms with van der Waals surface area (Å²) in [6.07, 6.45) is 8.06. The van der Waals surface area contributed by atoms with E-state index in [4.69, 9.17) is 0 Å². The van der Waals surface area contributed by atoms with E-state index < -0.39 is 0 Å². The summed E-state index contributed by atoms with van der Waals surface area (Å²) in [5, 5.41) is 10.5. The van der Waals surface area contributed by atoms with E-state index >= 15 is 0 Å². The van der Waals surface area contributed by atoms with Crippen molar-refractivity contribution in [2.45, 2.75) is 44.2 Å². The zero-order valence-electron chi connectivity index (χ0n) is 8.24. The highest BCUT2D eigenvalue weighted by Gasteiger charge is 2.33. The highest BCUT2D eigenvalue weighted by molar-refractivity contribution is 4.95. The predicted octanol–water partition coefficient (Wildman–Crippen LogP) is 0.878. The standard InChI is InChI=1S/C10H16N4/c1-2-9-4-7(3-8(1)13-9)5-10-11-6-12-14-10/h6-9,13H,1-5H2,(H,11,12,14). The Morgan fingerprint density at radius 2 is 2.07 bits per heavy atom. The molecule has 2 saturated heterocycles. The van der Waals surface area contributed by atoms with Crippen molar-refractivity contribution in [1.29, 1.82) is 0 Å². The molecule has 1 aromatic heterocycles. The number of nitrogens with zero attached hydrogens (tertiary/aromatic N) is 2. The van der Waals surface area contributed by atoms with Crippen LogP contribution in [-0.2, 0) is 6.42 Å². The monoisotopic (exact) mass is 192 g/mol. The van der Waals surface area contributed by atoms with Crippen molar-refractivity contribution in [2.24, 2.45) is 5.92 Å². The normalized spacial score (nSPS) is 36.1. The number of hydrogen-bond donors (Lipinski definition) is 2. The van der Waals surface area contributed by atoms with Crippen molar-refractivity contribution in [3.05, 3.63) is 12.2 Å². The zero-order chi connectivity index (χ0) is 9.38. The summed E-state index contributed by atoms with van der Waals surface area (Å²) < 4.78 is 0. The van der Waals surface area contributed by atoms with E-state index in [1.54, 1.807) is 6.33 Å². The van der Waals surface area contributed by atoms with Crippen molar-refractivity contribution >= 4 is 0 Å². The highest BCUT2D eigenvalue weighted by Crippen LogP contribution is 2.32. The second-order valence-electron chi connectivity index (χ2n) is 4.61. The first-order valence-electron chi connectivity index (χ1n) is 5.50. The Balaban J connectivity index is 1.64. The number of aromatic amines is 1. The molecular weight excluding hydrogens is 176 g/mol. The summed E-state index contributed by atoms with van der Waals surface area (Å²) in [5.41, 5.74) is 0. The minimum Gasteiger partial charge on any atom is -0.311 e. The molecule has 3 heterocycles. The first-order chi connectivity index (χ1) is 6.90. The van der Waals surface area contributed by atoms with Gasteiger partial charge >= 0.3 is 0 Å². The molecule has 0 saturated carbocycles. The Morgan fingerprint density at radius 3 is 2.71 bits per heavy atom. The Bertz CT molecular complexity index is 283. The molecular formula is C10H16N4. The molecule has 4 heteroatoms. The maximum absolute atomic E-state index is 4.19. The maximum Gasteiger partial charge on any atom is 0.137 e. The number of H-pyrrole nitrogens is 1. The zero-order valence-corrected chi connectivity index (χ0v) is 8.24. The smallest absolute Gasteiger partial charge is 0.137 e. The number of nitrogens with one attached hydrogen (secondary N) is 2. The Labute approximate surface area is 83.5 Å². The minimum atomic E-state index is 0.779. The lowest BCUT2D eigenvalue weighted by Gasteiger charge is -2.28. The first-order valence-corrected chi connectivity index (χ1v) is 5.50. The van der Waals surface area contributed by atoms with Crippen LogP contribution in [0.25, 0.3) is 0 Å². The average molecular weight is 192 g/mol. The fourth-order valence-electron chi connectivity index (χ4n) is 2.94. The molecule has 2 aliphatic heterocycles. The van der Waals surface area contributed by atoms with Gasteiger partial charge in [-0.15, -0.1) is 0 Å². The number of aromatic nitrogens is 3. The molecule has 0 aliphatic carbocycles. The van der Waals surface area contributed by atoms with E-state index in [0.29, 0.717) is 0 Å². The van der Waals surface area contributed by atoms with Crippen molar-refractivity contribution in [3.8, 4) is 0 Å². The SMILES string of the molecule is c1n[nH]c(CC2CC3CCC(C2)N3)n1. The molecule has 0 spiro atoms. The van der Waals surface area contributed by atoms with Gasteiger partial charge in [-0.05, 0) is 31.6 Å². The van der Waals surface area contributed by atoms with Crippen LogP contribution in [0.2, 0.25) is 0 Å². The van der Waals surface area contributed by atoms with Crippen LogP contribution in [-0.4, -0.2) is 27.3 Å². The summed E-state index contributed by atoms with van der Waals surface area (Å²) in [7, 11) is 0. The van der Waals surface area contributed by atoms with Crippen LogP contribution >= 0.6 is 0 Å². The van der Waals surface area contributed by atoms with Gasteiger partial charge in [0.2, 0.25) is 0 Å². The summed E-state index contributed by atoms with van der Waals surface area (Å²) in [6.45, 7) is 0. The highest BCUT2D eigenvalue weighted by atomic mass is 15.2. The van der Waals surface area contributed by atoms with E-state index in [9.17, 15) is 0 Å². The van der Waals surface area contributed by atoms with Crippen molar-refractivity contribution < 1.29 is 0 Å². The molecule has 2 bridgehead atoms. The van der Waals surface area contributed by atoms with Gasteiger partial charge in [-0.1, -0.05) is 0 Å². The molecule has 14 heavy (non-hydrogen) atoms. The molecule has 2 fully saturated rings. The molecule has 0 amide bonds. The van der Waals surface area contributed by atoms with Crippen LogP contribution in [0.15, 0.2) is 6.33 Å². The van der Waals surface area contributed by atoms with Gasteiger partial charge in [0.25, 0.3) is 0 Å². The predicted molar refractivity (Wildman–Crippen MR) is 52.8 cm³/mol. The van der Waals surface area contributed by atoms with Gasteiger partial charge in [-0.25, -0.2) is 4.98 Å². The molecule has 4 nitrogen and oxygen atoms in total. The molecule has 2 aliphatic rings. The lowest BCUT2D eigenvalue weighted by Crippen LogP contribution is -2.38. The summed E-state index contributed by atoms with van der Waals surface area (Å²) in [5.74, 6) is 1.86. The summed E-state index contributed by atoms with van der Waals surface area (Å²) >= 11 is 0. The van der Waals surface area contributed by atoms with Gasteiger partial charge in [0.1, 0.15) is 12.2 Å². The van der Waals surface area contributed by atoms with Gasteiger partial charge < -0.3 is 5.32 Å². The number of fused-ring (bicyclic) bond motifs is 2. The van der Waals surface area contributed by atoms with Gasteiger partial charge in [-0.3, -0.25) is 5.10 Å². The summed E-state index contributed by atoms with van der Waals surface area (Å²) in [4.78, 5) is 4.19. The Morgan fingerprint density at radius 1 is 1.29 bits per heavy atom. The van der Waals surface area contributed by atoms with Crippen molar-refractivity contribution in [2.75, 3.05) is 0 Å². The van der Waals surface area contributed by atoms with Gasteiger partial charge in [0.05, 0.1) is 0 Å². The Kier molecular flexibility index (Phi) is 2.01. The van der Waals surface area contributed by atoms with Gasteiger partial charge in [0, 0.05) is 18.5 Å². The minimum absolute atomic E-state index is 0.779.